The number of carbonyl (C=O) groups excluding carboxylic acids is 2. The van der Waals surface area contributed by atoms with Crippen LogP contribution >= 0.6 is 46.4 Å². The van der Waals surface area contributed by atoms with E-state index in [0.29, 0.717) is 27.1 Å². The first-order valence-corrected chi connectivity index (χ1v) is 17.2. The quantitative estimate of drug-likeness (QED) is 0.192. The van der Waals surface area contributed by atoms with Crippen molar-refractivity contribution in [2.45, 2.75) is 58.2 Å². The Morgan fingerprint density at radius 2 is 1.56 bits per heavy atom. The van der Waals surface area contributed by atoms with Gasteiger partial charge in [-0.25, -0.2) is 8.42 Å². The van der Waals surface area contributed by atoms with Gasteiger partial charge in [-0.05, 0) is 55.7 Å². The minimum absolute atomic E-state index is 0.0152. The van der Waals surface area contributed by atoms with E-state index in [1.54, 1.807) is 24.3 Å². The highest BCUT2D eigenvalue weighted by Crippen LogP contribution is 2.31. The fourth-order valence-electron chi connectivity index (χ4n) is 4.51. The van der Waals surface area contributed by atoms with Crippen molar-refractivity contribution in [2.24, 2.45) is 0 Å². The van der Waals surface area contributed by atoms with E-state index in [1.165, 1.54) is 17.0 Å². The molecule has 0 fully saturated rings. The molecular weight excluding hydrogens is 652 g/mol. The molecule has 0 spiro atoms. The molecule has 0 aliphatic heterocycles. The van der Waals surface area contributed by atoms with Gasteiger partial charge in [-0.2, -0.15) is 0 Å². The second kappa shape index (κ2) is 16.0. The Morgan fingerprint density at radius 3 is 2.16 bits per heavy atom. The Labute approximate surface area is 274 Å². The minimum Gasteiger partial charge on any atom is -0.352 e. The molecule has 2 atom stereocenters. The van der Waals surface area contributed by atoms with Crippen LogP contribution in [-0.4, -0.2) is 50.0 Å². The van der Waals surface area contributed by atoms with Crippen LogP contribution in [0.4, 0.5) is 5.69 Å². The van der Waals surface area contributed by atoms with Crippen molar-refractivity contribution in [2.75, 3.05) is 17.1 Å². The number of carbonyl (C=O) groups is 2. The van der Waals surface area contributed by atoms with Gasteiger partial charge in [0.05, 0.1) is 17.0 Å². The second-order valence-electron chi connectivity index (χ2n) is 10.3. The molecule has 0 bridgehead atoms. The van der Waals surface area contributed by atoms with Crippen LogP contribution in [0.3, 0.4) is 0 Å². The van der Waals surface area contributed by atoms with Crippen LogP contribution in [0, 0.1) is 0 Å². The Hall–Kier alpha value is -2.49. The molecule has 3 aromatic rings. The molecule has 0 aliphatic carbocycles. The highest BCUT2D eigenvalue weighted by Gasteiger charge is 2.32. The maximum absolute atomic E-state index is 14.0. The standard InChI is InChI=1S/C31H35Cl4N3O4S/c1-4-21(2)36-31(40)29(18-22-10-6-5-7-11-22)37(20-24-25(33)12-8-13-26(24)34)30(39)14-9-17-38(43(3,41)42)28-19-23(32)15-16-27(28)35/h5-8,10-13,15-16,19,21,29H,4,9,14,17-18,20H2,1-3H3,(H,36,40)/t21-,29+/m1/s1. The van der Waals surface area contributed by atoms with Crippen LogP contribution in [-0.2, 0) is 32.6 Å². The SMILES string of the molecule is CC[C@@H](C)NC(=O)[C@H](Cc1ccccc1)N(Cc1c(Cl)cccc1Cl)C(=O)CCCN(c1cc(Cl)ccc1Cl)S(C)(=O)=O. The van der Waals surface area contributed by atoms with Gasteiger partial charge in [0.2, 0.25) is 21.8 Å². The predicted octanol–water partition coefficient (Wildman–Crippen LogP) is 7.40. The molecule has 0 unspecified atom stereocenters. The largest absolute Gasteiger partial charge is 0.352 e. The van der Waals surface area contributed by atoms with E-state index in [0.717, 1.165) is 16.1 Å². The van der Waals surface area contributed by atoms with Gasteiger partial charge >= 0.3 is 0 Å². The molecule has 7 nitrogen and oxygen atoms in total. The molecule has 12 heteroatoms. The predicted molar refractivity (Wildman–Crippen MR) is 177 cm³/mol. The molecule has 43 heavy (non-hydrogen) atoms. The van der Waals surface area contributed by atoms with Gasteiger partial charge in [0.15, 0.2) is 0 Å². The van der Waals surface area contributed by atoms with E-state index in [4.69, 9.17) is 46.4 Å². The smallest absolute Gasteiger partial charge is 0.243 e. The Bertz CT molecular complexity index is 1500. The molecule has 2 amide bonds. The lowest BCUT2D eigenvalue weighted by Gasteiger charge is -2.33. The number of nitrogens with zero attached hydrogens (tertiary/aromatic N) is 2. The van der Waals surface area contributed by atoms with Gasteiger partial charge in [-0.15, -0.1) is 0 Å². The Balaban J connectivity index is 1.95. The average Bonchev–Trinajstić information content (AvgIpc) is 2.95. The monoisotopic (exact) mass is 685 g/mol. The van der Waals surface area contributed by atoms with Crippen LogP contribution in [0.2, 0.25) is 20.1 Å². The number of halogens is 4. The van der Waals surface area contributed by atoms with E-state index in [2.05, 4.69) is 5.32 Å². The van der Waals surface area contributed by atoms with E-state index < -0.39 is 16.1 Å². The van der Waals surface area contributed by atoms with Gasteiger partial charge in [0, 0.05) is 52.6 Å². The number of hydrogen-bond donors (Lipinski definition) is 1. The lowest BCUT2D eigenvalue weighted by atomic mass is 10.0. The third-order valence-electron chi connectivity index (χ3n) is 6.99. The first-order valence-electron chi connectivity index (χ1n) is 13.8. The minimum atomic E-state index is -3.76. The fraction of sp³-hybridized carbons (Fsp3) is 0.355. The zero-order chi connectivity index (χ0) is 31.7. The van der Waals surface area contributed by atoms with E-state index in [-0.39, 0.29) is 60.9 Å². The summed E-state index contributed by atoms with van der Waals surface area (Å²) in [4.78, 5) is 29.2. The summed E-state index contributed by atoms with van der Waals surface area (Å²) in [5.74, 6) is -0.667. The van der Waals surface area contributed by atoms with E-state index in [1.807, 2.05) is 44.2 Å². The van der Waals surface area contributed by atoms with Gasteiger partial charge in [-0.1, -0.05) is 89.7 Å². The number of rotatable bonds is 14. The number of amides is 2. The Kier molecular flexibility index (Phi) is 13.0. The van der Waals surface area contributed by atoms with Crippen molar-refractivity contribution in [1.82, 2.24) is 10.2 Å². The highest BCUT2D eigenvalue weighted by molar-refractivity contribution is 7.92. The number of sulfonamides is 1. The molecule has 232 valence electrons. The van der Waals surface area contributed by atoms with Gasteiger partial charge in [0.1, 0.15) is 6.04 Å². The summed E-state index contributed by atoms with van der Waals surface area (Å²) in [5, 5.41) is 4.28. The van der Waals surface area contributed by atoms with Crippen molar-refractivity contribution in [3.05, 3.63) is 97.9 Å². The molecule has 0 aromatic heterocycles. The number of nitrogens with one attached hydrogen (secondary N) is 1. The third kappa shape index (κ3) is 10.0. The maximum atomic E-state index is 14.0. The van der Waals surface area contributed by atoms with Gasteiger partial charge in [-0.3, -0.25) is 13.9 Å². The summed E-state index contributed by atoms with van der Waals surface area (Å²) in [6.45, 7) is 3.81. The summed E-state index contributed by atoms with van der Waals surface area (Å²) >= 11 is 25.4. The van der Waals surface area contributed by atoms with Crippen molar-refractivity contribution in [3.63, 3.8) is 0 Å². The lowest BCUT2D eigenvalue weighted by molar-refractivity contribution is -0.141. The highest BCUT2D eigenvalue weighted by atomic mass is 35.5. The molecule has 0 heterocycles. The third-order valence-corrected chi connectivity index (χ3v) is 9.43. The van der Waals surface area contributed by atoms with Crippen molar-refractivity contribution in [1.29, 1.82) is 0 Å². The molecule has 0 saturated carbocycles. The Morgan fingerprint density at radius 1 is 0.907 bits per heavy atom. The van der Waals surface area contributed by atoms with Crippen LogP contribution in [0.1, 0.15) is 44.2 Å². The number of anilines is 1. The van der Waals surface area contributed by atoms with Crippen LogP contribution in [0.15, 0.2) is 66.7 Å². The van der Waals surface area contributed by atoms with Crippen LogP contribution in [0.25, 0.3) is 0 Å². The summed E-state index contributed by atoms with van der Waals surface area (Å²) in [6.07, 6.45) is 2.11. The van der Waals surface area contributed by atoms with E-state index >= 15 is 0 Å². The molecular formula is C31H35Cl4N3O4S. The number of benzene rings is 3. The topological polar surface area (TPSA) is 86.8 Å². The van der Waals surface area contributed by atoms with E-state index in [9.17, 15) is 18.0 Å². The lowest BCUT2D eigenvalue weighted by Crippen LogP contribution is -2.52. The first kappa shape index (κ1) is 35.0. The molecule has 3 aromatic carbocycles. The summed E-state index contributed by atoms with van der Waals surface area (Å²) in [5.41, 5.74) is 1.60. The van der Waals surface area contributed by atoms with Crippen molar-refractivity contribution >= 4 is 73.9 Å². The maximum Gasteiger partial charge on any atom is 0.243 e. The summed E-state index contributed by atoms with van der Waals surface area (Å²) in [7, 11) is -3.76. The fourth-order valence-corrected chi connectivity index (χ4v) is 6.43. The number of hydrogen-bond acceptors (Lipinski definition) is 4. The summed E-state index contributed by atoms with van der Waals surface area (Å²) < 4.78 is 26.5. The molecule has 0 saturated heterocycles. The molecule has 1 N–H and O–H groups in total. The summed E-state index contributed by atoms with van der Waals surface area (Å²) in [6, 6.07) is 18.0. The first-order chi connectivity index (χ1) is 20.3. The van der Waals surface area contributed by atoms with Crippen LogP contribution < -0.4 is 9.62 Å². The zero-order valence-electron chi connectivity index (χ0n) is 24.2. The normalized spacial score (nSPS) is 12.8. The second-order valence-corrected chi connectivity index (χ2v) is 13.8. The van der Waals surface area contributed by atoms with Gasteiger partial charge < -0.3 is 10.2 Å². The molecule has 3 rings (SSSR count). The van der Waals surface area contributed by atoms with Crippen molar-refractivity contribution < 1.29 is 18.0 Å². The zero-order valence-corrected chi connectivity index (χ0v) is 28.0. The van der Waals surface area contributed by atoms with Gasteiger partial charge in [0.25, 0.3) is 0 Å². The van der Waals surface area contributed by atoms with Crippen molar-refractivity contribution in [3.8, 4) is 0 Å². The van der Waals surface area contributed by atoms with Crippen LogP contribution in [0.5, 0.6) is 0 Å². The molecule has 0 aliphatic rings. The molecule has 0 radical (unpaired) electrons. The average molecular weight is 688 g/mol.